The second-order valence-electron chi connectivity index (χ2n) is 2.36. The van der Waals surface area contributed by atoms with Gasteiger partial charge in [-0.1, -0.05) is 0 Å². The smallest absolute Gasteiger partial charge is 0.150 e. The number of carbonyl (C=O) groups excluding carboxylic acids is 1. The van der Waals surface area contributed by atoms with Crippen molar-refractivity contribution in [2.24, 2.45) is 0 Å². The van der Waals surface area contributed by atoms with Crippen molar-refractivity contribution in [2.45, 2.75) is 9.79 Å². The molecule has 0 aliphatic rings. The predicted molar refractivity (Wildman–Crippen MR) is 55.3 cm³/mol. The first-order chi connectivity index (χ1) is 6.22. The van der Waals surface area contributed by atoms with Gasteiger partial charge in [-0.05, 0) is 24.6 Å². The Labute approximate surface area is 85.1 Å². The summed E-state index contributed by atoms with van der Waals surface area (Å²) >= 11 is 2.61. The minimum absolute atomic E-state index is 0.231. The fourth-order valence-corrected chi connectivity index (χ4v) is 2.11. The number of aldehydes is 1. The molecule has 0 unspecified atom stereocenters. The number of thioether (sulfide) groups is 2. The summed E-state index contributed by atoms with van der Waals surface area (Å²) in [6, 6.07) is 3.12. The zero-order valence-electron chi connectivity index (χ0n) is 7.33. The second kappa shape index (κ2) is 4.67. The van der Waals surface area contributed by atoms with E-state index in [-0.39, 0.29) is 5.82 Å². The monoisotopic (exact) mass is 216 g/mol. The van der Waals surface area contributed by atoms with Gasteiger partial charge in [0.05, 0.1) is 0 Å². The number of hydrogen-bond donors (Lipinski definition) is 0. The van der Waals surface area contributed by atoms with E-state index in [9.17, 15) is 9.18 Å². The van der Waals surface area contributed by atoms with Crippen LogP contribution in [0.25, 0.3) is 0 Å². The molecular formula is C9H9FOS2. The van der Waals surface area contributed by atoms with Crippen LogP contribution in [-0.2, 0) is 0 Å². The summed E-state index contributed by atoms with van der Waals surface area (Å²) in [5.74, 6) is -0.231. The van der Waals surface area contributed by atoms with Crippen molar-refractivity contribution < 1.29 is 9.18 Å². The van der Waals surface area contributed by atoms with E-state index in [0.29, 0.717) is 15.4 Å². The van der Waals surface area contributed by atoms with E-state index in [1.165, 1.54) is 23.5 Å². The number of carbonyl (C=O) groups is 1. The summed E-state index contributed by atoms with van der Waals surface area (Å²) in [4.78, 5) is 11.6. The van der Waals surface area contributed by atoms with Crippen molar-refractivity contribution in [1.29, 1.82) is 0 Å². The van der Waals surface area contributed by atoms with Crippen LogP contribution in [0.2, 0.25) is 0 Å². The number of halogens is 1. The number of rotatable bonds is 3. The van der Waals surface area contributed by atoms with Gasteiger partial charge in [0.25, 0.3) is 0 Å². The summed E-state index contributed by atoms with van der Waals surface area (Å²) in [6.45, 7) is 0. The van der Waals surface area contributed by atoms with Crippen LogP contribution in [0.4, 0.5) is 4.39 Å². The fourth-order valence-electron chi connectivity index (χ4n) is 0.958. The highest BCUT2D eigenvalue weighted by atomic mass is 32.2. The Kier molecular flexibility index (Phi) is 3.81. The molecule has 1 aromatic carbocycles. The van der Waals surface area contributed by atoms with Gasteiger partial charge in [0.1, 0.15) is 12.1 Å². The van der Waals surface area contributed by atoms with E-state index in [2.05, 4.69) is 0 Å². The van der Waals surface area contributed by atoms with Gasteiger partial charge in [-0.3, -0.25) is 4.79 Å². The Balaban J connectivity index is 3.28. The molecule has 0 fully saturated rings. The van der Waals surface area contributed by atoms with Crippen LogP contribution in [-0.4, -0.2) is 18.8 Å². The quantitative estimate of drug-likeness (QED) is 0.571. The van der Waals surface area contributed by atoms with E-state index in [4.69, 9.17) is 0 Å². The molecule has 13 heavy (non-hydrogen) atoms. The molecule has 0 N–H and O–H groups in total. The van der Waals surface area contributed by atoms with Gasteiger partial charge in [-0.25, -0.2) is 4.39 Å². The van der Waals surface area contributed by atoms with Crippen molar-refractivity contribution in [1.82, 2.24) is 0 Å². The van der Waals surface area contributed by atoms with Crippen molar-refractivity contribution in [3.8, 4) is 0 Å². The minimum Gasteiger partial charge on any atom is -0.298 e. The van der Waals surface area contributed by atoms with E-state index < -0.39 is 0 Å². The van der Waals surface area contributed by atoms with Crippen molar-refractivity contribution >= 4 is 29.8 Å². The lowest BCUT2D eigenvalue weighted by Gasteiger charge is -2.04. The van der Waals surface area contributed by atoms with Crippen LogP contribution in [0.5, 0.6) is 0 Å². The average Bonchev–Trinajstić information content (AvgIpc) is 2.18. The first-order valence-corrected chi connectivity index (χ1v) is 6.04. The normalized spacial score (nSPS) is 10.1. The molecule has 0 atom stereocenters. The summed E-state index contributed by atoms with van der Waals surface area (Å²) in [6.07, 6.45) is 4.31. The standard InChI is InChI=1S/C9H9FOS2/c1-12-7-3-6(5-11)4-8(13-2)9(7)10/h3-5H,1-2H3. The third kappa shape index (κ3) is 2.25. The van der Waals surface area contributed by atoms with Gasteiger partial charge in [0.2, 0.25) is 0 Å². The molecule has 0 aromatic heterocycles. The third-order valence-electron chi connectivity index (χ3n) is 1.60. The minimum atomic E-state index is -0.231. The molecule has 0 aliphatic heterocycles. The largest absolute Gasteiger partial charge is 0.298 e. The molecule has 0 bridgehead atoms. The highest BCUT2D eigenvalue weighted by molar-refractivity contribution is 7.99. The van der Waals surface area contributed by atoms with Crippen molar-refractivity contribution in [3.05, 3.63) is 23.5 Å². The zero-order chi connectivity index (χ0) is 9.84. The maximum absolute atomic E-state index is 13.4. The maximum Gasteiger partial charge on any atom is 0.150 e. The Morgan fingerprint density at radius 1 is 1.23 bits per heavy atom. The Morgan fingerprint density at radius 2 is 1.69 bits per heavy atom. The Morgan fingerprint density at radius 3 is 2.00 bits per heavy atom. The molecule has 0 spiro atoms. The lowest BCUT2D eigenvalue weighted by molar-refractivity contribution is 0.112. The van der Waals surface area contributed by atoms with Crippen LogP contribution < -0.4 is 0 Å². The van der Waals surface area contributed by atoms with Crippen molar-refractivity contribution in [2.75, 3.05) is 12.5 Å². The molecule has 0 amide bonds. The molecule has 0 saturated heterocycles. The lowest BCUT2D eigenvalue weighted by Crippen LogP contribution is -1.89. The summed E-state index contributed by atoms with van der Waals surface area (Å²) in [5, 5.41) is 0. The molecule has 0 saturated carbocycles. The van der Waals surface area contributed by atoms with Gasteiger partial charge in [-0.15, -0.1) is 23.5 Å². The third-order valence-corrected chi connectivity index (χ3v) is 3.08. The number of hydrogen-bond acceptors (Lipinski definition) is 3. The molecular weight excluding hydrogens is 207 g/mol. The van der Waals surface area contributed by atoms with Crippen LogP contribution in [0, 0.1) is 5.82 Å². The Hall–Kier alpha value is -0.480. The Bertz CT molecular complexity index is 300. The number of benzene rings is 1. The topological polar surface area (TPSA) is 17.1 Å². The maximum atomic E-state index is 13.4. The predicted octanol–water partition coefficient (Wildman–Crippen LogP) is 3.08. The second-order valence-corrected chi connectivity index (χ2v) is 4.05. The highest BCUT2D eigenvalue weighted by Gasteiger charge is 2.08. The first-order valence-electron chi connectivity index (χ1n) is 3.59. The van der Waals surface area contributed by atoms with E-state index >= 15 is 0 Å². The van der Waals surface area contributed by atoms with Gasteiger partial charge >= 0.3 is 0 Å². The van der Waals surface area contributed by atoms with E-state index in [0.717, 1.165) is 6.29 Å². The molecule has 0 aliphatic carbocycles. The fraction of sp³-hybridized carbons (Fsp3) is 0.222. The summed E-state index contributed by atoms with van der Waals surface area (Å²) in [7, 11) is 0. The SMILES string of the molecule is CSc1cc(C=O)cc(SC)c1F. The van der Waals surface area contributed by atoms with E-state index in [1.807, 2.05) is 0 Å². The highest BCUT2D eigenvalue weighted by Crippen LogP contribution is 2.28. The molecule has 70 valence electrons. The van der Waals surface area contributed by atoms with E-state index in [1.54, 1.807) is 24.6 Å². The van der Waals surface area contributed by atoms with Gasteiger partial charge in [0.15, 0.2) is 0 Å². The molecule has 0 heterocycles. The lowest BCUT2D eigenvalue weighted by atomic mass is 10.2. The van der Waals surface area contributed by atoms with Crippen LogP contribution in [0.15, 0.2) is 21.9 Å². The zero-order valence-corrected chi connectivity index (χ0v) is 8.97. The summed E-state index contributed by atoms with van der Waals surface area (Å²) < 4.78 is 13.4. The van der Waals surface area contributed by atoms with Crippen molar-refractivity contribution in [3.63, 3.8) is 0 Å². The first kappa shape index (κ1) is 10.6. The van der Waals surface area contributed by atoms with Gasteiger partial charge in [0, 0.05) is 15.4 Å². The average molecular weight is 216 g/mol. The molecule has 0 radical (unpaired) electrons. The van der Waals surface area contributed by atoms with Gasteiger partial charge < -0.3 is 0 Å². The molecule has 1 nitrogen and oxygen atoms in total. The van der Waals surface area contributed by atoms with Crippen LogP contribution in [0.3, 0.4) is 0 Å². The van der Waals surface area contributed by atoms with Crippen LogP contribution in [0.1, 0.15) is 10.4 Å². The van der Waals surface area contributed by atoms with Gasteiger partial charge in [-0.2, -0.15) is 0 Å². The molecule has 1 aromatic rings. The van der Waals surface area contributed by atoms with Crippen LogP contribution >= 0.6 is 23.5 Å². The molecule has 1 rings (SSSR count). The molecule has 4 heteroatoms. The summed E-state index contributed by atoms with van der Waals surface area (Å²) in [5.41, 5.74) is 0.523.